The second-order valence-electron chi connectivity index (χ2n) is 6.74. The summed E-state index contributed by atoms with van der Waals surface area (Å²) in [6.07, 6.45) is 1.82. The summed E-state index contributed by atoms with van der Waals surface area (Å²) in [5.41, 5.74) is 16.6. The highest BCUT2D eigenvalue weighted by Gasteiger charge is 2.29. The van der Waals surface area contributed by atoms with Crippen molar-refractivity contribution in [3.63, 3.8) is 0 Å². The van der Waals surface area contributed by atoms with Gasteiger partial charge in [-0.3, -0.25) is 14.7 Å². The van der Waals surface area contributed by atoms with Crippen LogP contribution in [-0.2, 0) is 19.6 Å². The van der Waals surface area contributed by atoms with Crippen LogP contribution >= 0.6 is 22.7 Å². The quantitative estimate of drug-likeness (QED) is 0.538. The summed E-state index contributed by atoms with van der Waals surface area (Å²) in [6.45, 7) is 2.27. The Morgan fingerprint density at radius 3 is 2.82 bits per heavy atom. The number of hydrogen-bond acceptors (Lipinski definition) is 7. The molecule has 1 amide bonds. The van der Waals surface area contributed by atoms with Gasteiger partial charge in [0.2, 0.25) is 0 Å². The molecule has 28 heavy (non-hydrogen) atoms. The Labute approximate surface area is 169 Å². The zero-order valence-corrected chi connectivity index (χ0v) is 16.5. The molecule has 4 aromatic rings. The van der Waals surface area contributed by atoms with Gasteiger partial charge in [-0.1, -0.05) is 12.1 Å². The van der Waals surface area contributed by atoms with Crippen LogP contribution in [0.25, 0.3) is 20.7 Å². The minimum absolute atomic E-state index is 0.384. The molecule has 0 saturated heterocycles. The zero-order valence-electron chi connectivity index (χ0n) is 14.9. The van der Waals surface area contributed by atoms with Crippen molar-refractivity contribution in [1.82, 2.24) is 14.9 Å². The number of nitrogens with two attached hydrogens (primary N) is 2. The van der Waals surface area contributed by atoms with E-state index in [1.54, 1.807) is 11.3 Å². The fourth-order valence-corrected chi connectivity index (χ4v) is 5.52. The molecule has 0 bridgehead atoms. The number of anilines is 1. The van der Waals surface area contributed by atoms with Gasteiger partial charge in [-0.2, -0.15) is 0 Å². The van der Waals surface area contributed by atoms with Gasteiger partial charge in [0.15, 0.2) is 0 Å². The number of amides is 1. The minimum atomic E-state index is -0.505. The van der Waals surface area contributed by atoms with Gasteiger partial charge in [-0.25, -0.2) is 4.98 Å². The molecule has 0 radical (unpaired) electrons. The van der Waals surface area contributed by atoms with E-state index in [9.17, 15) is 4.79 Å². The number of thiophene rings is 2. The number of pyridine rings is 2. The lowest BCUT2D eigenvalue weighted by Crippen LogP contribution is -2.16. The number of carbonyl (C=O) groups is 1. The SMILES string of the molecule is NC(=O)c1sc2nc3c(c(-c4cccs4)c2c1N)CN(Cc1ccccn1)C3. The van der Waals surface area contributed by atoms with E-state index in [1.807, 2.05) is 35.8 Å². The van der Waals surface area contributed by atoms with Gasteiger partial charge in [0.25, 0.3) is 5.91 Å². The smallest absolute Gasteiger partial charge is 0.260 e. The number of aromatic nitrogens is 2. The number of hydrogen-bond donors (Lipinski definition) is 2. The number of primary amides is 1. The Morgan fingerprint density at radius 1 is 1.21 bits per heavy atom. The highest BCUT2D eigenvalue weighted by atomic mass is 32.1. The Balaban J connectivity index is 1.65. The van der Waals surface area contributed by atoms with E-state index in [-0.39, 0.29) is 0 Å². The third-order valence-corrected chi connectivity index (χ3v) is 6.92. The molecular formula is C20H17N5OS2. The van der Waals surface area contributed by atoms with Gasteiger partial charge in [-0.05, 0) is 29.1 Å². The van der Waals surface area contributed by atoms with E-state index < -0.39 is 5.91 Å². The van der Waals surface area contributed by atoms with Crippen molar-refractivity contribution in [3.05, 3.63) is 63.7 Å². The molecule has 0 aliphatic carbocycles. The highest BCUT2D eigenvalue weighted by Crippen LogP contribution is 2.45. The molecule has 0 aromatic carbocycles. The third-order valence-electron chi connectivity index (χ3n) is 4.92. The lowest BCUT2D eigenvalue weighted by molar-refractivity contribution is 0.100. The van der Waals surface area contributed by atoms with Gasteiger partial charge >= 0.3 is 0 Å². The molecule has 5 rings (SSSR count). The largest absolute Gasteiger partial charge is 0.397 e. The molecule has 0 unspecified atom stereocenters. The van der Waals surface area contributed by atoms with Crippen molar-refractivity contribution in [2.75, 3.05) is 5.73 Å². The first-order chi connectivity index (χ1) is 13.6. The van der Waals surface area contributed by atoms with Crippen LogP contribution in [0.2, 0.25) is 0 Å². The van der Waals surface area contributed by atoms with E-state index >= 15 is 0 Å². The van der Waals surface area contributed by atoms with E-state index in [2.05, 4.69) is 16.0 Å². The molecule has 8 heteroatoms. The predicted octanol–water partition coefficient (Wildman–Crippen LogP) is 3.62. The van der Waals surface area contributed by atoms with E-state index in [0.717, 1.165) is 51.7 Å². The standard InChI is InChI=1S/C20H17N5OS2/c21-17-16-15(14-5-3-7-27-14)12-9-25(8-11-4-1-2-6-23-11)10-13(12)24-20(16)28-18(17)19(22)26/h1-7H,8-10,21H2,(H2,22,26). The molecular weight excluding hydrogens is 390 g/mol. The fraction of sp³-hybridized carbons (Fsp3) is 0.150. The molecule has 4 N–H and O–H groups in total. The van der Waals surface area contributed by atoms with Crippen molar-refractivity contribution in [2.24, 2.45) is 5.73 Å². The van der Waals surface area contributed by atoms with Crippen LogP contribution in [-0.4, -0.2) is 20.8 Å². The molecule has 6 nitrogen and oxygen atoms in total. The number of fused-ring (bicyclic) bond motifs is 2. The first kappa shape index (κ1) is 17.3. The average molecular weight is 408 g/mol. The summed E-state index contributed by atoms with van der Waals surface area (Å²) >= 11 is 2.94. The lowest BCUT2D eigenvalue weighted by Gasteiger charge is -2.14. The zero-order chi connectivity index (χ0) is 19.3. The number of carbonyl (C=O) groups excluding carboxylic acids is 1. The topological polar surface area (TPSA) is 98.1 Å². The first-order valence-corrected chi connectivity index (χ1v) is 10.5. The van der Waals surface area contributed by atoms with Gasteiger partial charge in [0.1, 0.15) is 9.71 Å². The molecule has 1 aliphatic heterocycles. The molecule has 1 aliphatic rings. The minimum Gasteiger partial charge on any atom is -0.397 e. The summed E-state index contributed by atoms with van der Waals surface area (Å²) in [4.78, 5) is 25.7. The van der Waals surface area contributed by atoms with E-state index in [4.69, 9.17) is 16.5 Å². The van der Waals surface area contributed by atoms with Crippen LogP contribution in [0.4, 0.5) is 5.69 Å². The van der Waals surface area contributed by atoms with Crippen LogP contribution in [0.3, 0.4) is 0 Å². The van der Waals surface area contributed by atoms with Crippen molar-refractivity contribution in [3.8, 4) is 10.4 Å². The predicted molar refractivity (Wildman–Crippen MR) is 113 cm³/mol. The summed E-state index contributed by atoms with van der Waals surface area (Å²) in [7, 11) is 0. The lowest BCUT2D eigenvalue weighted by atomic mass is 10.0. The maximum absolute atomic E-state index is 11.8. The number of nitrogens with zero attached hydrogens (tertiary/aromatic N) is 3. The Bertz CT molecular complexity index is 1180. The van der Waals surface area contributed by atoms with Gasteiger partial charge in [0.05, 0.1) is 17.1 Å². The monoisotopic (exact) mass is 407 g/mol. The van der Waals surface area contributed by atoms with Crippen molar-refractivity contribution in [2.45, 2.75) is 19.6 Å². The van der Waals surface area contributed by atoms with E-state index in [0.29, 0.717) is 10.6 Å². The maximum Gasteiger partial charge on any atom is 0.260 e. The molecule has 4 aromatic heterocycles. The van der Waals surface area contributed by atoms with Crippen molar-refractivity contribution >= 4 is 44.5 Å². The first-order valence-electron chi connectivity index (χ1n) is 8.81. The average Bonchev–Trinajstić information content (AvgIpc) is 3.40. The summed E-state index contributed by atoms with van der Waals surface area (Å²) in [6, 6.07) is 10.1. The van der Waals surface area contributed by atoms with Crippen molar-refractivity contribution < 1.29 is 4.79 Å². The van der Waals surface area contributed by atoms with Crippen molar-refractivity contribution in [1.29, 1.82) is 0 Å². The van der Waals surface area contributed by atoms with Gasteiger partial charge in [0, 0.05) is 41.7 Å². The van der Waals surface area contributed by atoms with Crippen LogP contribution in [0.1, 0.15) is 26.6 Å². The van der Waals surface area contributed by atoms with E-state index in [1.165, 1.54) is 16.9 Å². The Morgan fingerprint density at radius 2 is 2.11 bits per heavy atom. The van der Waals surface area contributed by atoms with Gasteiger partial charge in [-0.15, -0.1) is 22.7 Å². The molecule has 0 saturated carbocycles. The van der Waals surface area contributed by atoms with Crippen LogP contribution in [0, 0.1) is 0 Å². The number of nitrogen functional groups attached to an aromatic ring is 1. The molecule has 0 fully saturated rings. The summed E-state index contributed by atoms with van der Waals surface area (Å²) < 4.78 is 0. The maximum atomic E-state index is 11.8. The molecule has 5 heterocycles. The van der Waals surface area contributed by atoms with Crippen LogP contribution < -0.4 is 11.5 Å². The second-order valence-corrected chi connectivity index (χ2v) is 8.69. The molecule has 0 spiro atoms. The number of rotatable bonds is 4. The molecule has 0 atom stereocenters. The summed E-state index contributed by atoms with van der Waals surface area (Å²) in [5, 5.41) is 2.89. The third kappa shape index (κ3) is 2.77. The molecule has 140 valence electrons. The van der Waals surface area contributed by atoms with Gasteiger partial charge < -0.3 is 11.5 Å². The fourth-order valence-electron chi connectivity index (χ4n) is 3.74. The summed E-state index contributed by atoms with van der Waals surface area (Å²) in [5.74, 6) is -0.505. The highest BCUT2D eigenvalue weighted by molar-refractivity contribution is 7.21. The van der Waals surface area contributed by atoms with Crippen LogP contribution in [0.5, 0.6) is 0 Å². The van der Waals surface area contributed by atoms with Crippen LogP contribution in [0.15, 0.2) is 41.9 Å². The Hall–Kier alpha value is -2.81. The Kier molecular flexibility index (Phi) is 4.12. The normalized spacial score (nSPS) is 13.9. The second kappa shape index (κ2) is 6.66.